The van der Waals surface area contributed by atoms with Crippen molar-refractivity contribution in [1.82, 2.24) is 0 Å². The molecule has 0 aromatic heterocycles. The summed E-state index contributed by atoms with van der Waals surface area (Å²) in [4.78, 5) is -0.294. The fraction of sp³-hybridized carbons (Fsp3) is 1.00. The lowest BCUT2D eigenvalue weighted by molar-refractivity contribution is 0.774. The first-order chi connectivity index (χ1) is 2.94. The Morgan fingerprint density at radius 3 is 1.57 bits per heavy atom. The molecule has 1 unspecified atom stereocenters. The molecule has 0 aromatic rings. The SMILES string of the molecule is CC(C)(P)C(Cl)Cl. The molecule has 0 saturated heterocycles. The number of halogens is 2. The van der Waals surface area contributed by atoms with Gasteiger partial charge >= 0.3 is 0 Å². The summed E-state index contributed by atoms with van der Waals surface area (Å²) in [7, 11) is 2.57. The molecule has 1 atom stereocenters. The van der Waals surface area contributed by atoms with Gasteiger partial charge in [0, 0.05) is 5.16 Å². The predicted octanol–water partition coefficient (Wildman–Crippen LogP) is 2.44. The van der Waals surface area contributed by atoms with E-state index in [-0.39, 0.29) is 9.99 Å². The molecule has 3 heteroatoms. The van der Waals surface area contributed by atoms with Crippen LogP contribution >= 0.6 is 32.4 Å². The molecular formula is C4H9Cl2P. The van der Waals surface area contributed by atoms with Gasteiger partial charge in [-0.1, -0.05) is 13.8 Å². The second-order valence-corrected chi connectivity index (χ2v) is 4.71. The molecule has 0 aliphatic rings. The van der Waals surface area contributed by atoms with Crippen molar-refractivity contribution in [2.75, 3.05) is 0 Å². The quantitative estimate of drug-likeness (QED) is 0.407. The minimum absolute atomic E-state index is 0.0525. The van der Waals surface area contributed by atoms with Crippen molar-refractivity contribution in [3.63, 3.8) is 0 Å². The van der Waals surface area contributed by atoms with E-state index in [1.165, 1.54) is 0 Å². The zero-order chi connectivity index (χ0) is 6.08. The van der Waals surface area contributed by atoms with E-state index in [9.17, 15) is 0 Å². The maximum absolute atomic E-state index is 5.50. The molecule has 7 heavy (non-hydrogen) atoms. The molecular weight excluding hydrogens is 150 g/mol. The summed E-state index contributed by atoms with van der Waals surface area (Å²) in [5.41, 5.74) is 0. The molecule has 0 bridgehead atoms. The van der Waals surface area contributed by atoms with E-state index in [0.717, 1.165) is 0 Å². The molecule has 0 aromatic carbocycles. The fourth-order valence-electron chi connectivity index (χ4n) is 0. The van der Waals surface area contributed by atoms with Gasteiger partial charge in [0.2, 0.25) is 0 Å². The van der Waals surface area contributed by atoms with Gasteiger partial charge in [0.05, 0.1) is 0 Å². The maximum atomic E-state index is 5.50. The highest BCUT2D eigenvalue weighted by Crippen LogP contribution is 2.27. The van der Waals surface area contributed by atoms with E-state index in [2.05, 4.69) is 9.24 Å². The van der Waals surface area contributed by atoms with Crippen LogP contribution in [-0.2, 0) is 0 Å². The first-order valence-electron chi connectivity index (χ1n) is 2.01. The highest BCUT2D eigenvalue weighted by molar-refractivity contribution is 7.19. The first kappa shape index (κ1) is 8.01. The molecule has 0 N–H and O–H groups in total. The van der Waals surface area contributed by atoms with Gasteiger partial charge in [0.25, 0.3) is 0 Å². The molecule has 0 saturated carbocycles. The van der Waals surface area contributed by atoms with Crippen LogP contribution in [-0.4, -0.2) is 9.99 Å². The second-order valence-electron chi connectivity index (χ2n) is 2.12. The summed E-state index contributed by atoms with van der Waals surface area (Å²) >= 11 is 11.0. The van der Waals surface area contributed by atoms with Gasteiger partial charge in [-0.25, -0.2) is 0 Å². The van der Waals surface area contributed by atoms with E-state index >= 15 is 0 Å². The van der Waals surface area contributed by atoms with Gasteiger partial charge in [-0.05, 0) is 0 Å². The van der Waals surface area contributed by atoms with Crippen LogP contribution < -0.4 is 0 Å². The molecule has 0 aliphatic carbocycles. The standard InChI is InChI=1S/C4H9Cl2P/c1-4(2,7)3(5)6/h3H,7H2,1-2H3. The Morgan fingerprint density at radius 2 is 1.57 bits per heavy atom. The molecule has 0 spiro atoms. The van der Waals surface area contributed by atoms with Crippen molar-refractivity contribution in [3.05, 3.63) is 0 Å². The van der Waals surface area contributed by atoms with Crippen molar-refractivity contribution in [3.8, 4) is 0 Å². The van der Waals surface area contributed by atoms with E-state index in [0.29, 0.717) is 0 Å². The van der Waals surface area contributed by atoms with Crippen LogP contribution in [0.25, 0.3) is 0 Å². The Hall–Kier alpha value is 1.01. The average Bonchev–Trinajstić information content (AvgIpc) is 1.31. The van der Waals surface area contributed by atoms with Crippen LogP contribution in [0.3, 0.4) is 0 Å². The minimum Gasteiger partial charge on any atom is -0.129 e. The zero-order valence-electron chi connectivity index (χ0n) is 4.41. The summed E-state index contributed by atoms with van der Waals surface area (Å²) in [6, 6.07) is 0. The highest BCUT2D eigenvalue weighted by atomic mass is 35.5. The summed E-state index contributed by atoms with van der Waals surface area (Å²) < 4.78 is 0. The van der Waals surface area contributed by atoms with Crippen molar-refractivity contribution < 1.29 is 0 Å². The predicted molar refractivity (Wildman–Crippen MR) is 39.3 cm³/mol. The third-order valence-electron chi connectivity index (χ3n) is 0.562. The van der Waals surface area contributed by atoms with Crippen molar-refractivity contribution in [2.24, 2.45) is 0 Å². The van der Waals surface area contributed by atoms with Crippen LogP contribution in [0, 0.1) is 0 Å². The van der Waals surface area contributed by atoms with E-state index < -0.39 is 0 Å². The van der Waals surface area contributed by atoms with E-state index in [4.69, 9.17) is 23.2 Å². The first-order valence-corrected chi connectivity index (χ1v) is 3.46. The highest BCUT2D eigenvalue weighted by Gasteiger charge is 2.18. The molecule has 0 heterocycles. The summed E-state index contributed by atoms with van der Waals surface area (Å²) in [6.07, 6.45) is 0. The Balaban J connectivity index is 3.54. The molecule has 0 rings (SSSR count). The molecule has 0 aliphatic heterocycles. The molecule has 44 valence electrons. The number of rotatable bonds is 1. The normalized spacial score (nSPS) is 12.9. The Labute approximate surface area is 56.8 Å². The summed E-state index contributed by atoms with van der Waals surface area (Å²) in [5.74, 6) is 0. The summed E-state index contributed by atoms with van der Waals surface area (Å²) in [6.45, 7) is 3.92. The van der Waals surface area contributed by atoms with Gasteiger partial charge in [0.15, 0.2) is 0 Å². The van der Waals surface area contributed by atoms with Gasteiger partial charge in [0.1, 0.15) is 4.84 Å². The summed E-state index contributed by atoms with van der Waals surface area (Å²) in [5, 5.41) is -0.0525. The number of alkyl halides is 2. The van der Waals surface area contributed by atoms with Gasteiger partial charge < -0.3 is 0 Å². The Kier molecular flexibility index (Phi) is 2.89. The third-order valence-corrected chi connectivity index (χ3v) is 2.44. The van der Waals surface area contributed by atoms with Crippen molar-refractivity contribution >= 4 is 32.4 Å². The lowest BCUT2D eigenvalue weighted by Gasteiger charge is -2.17. The average molecular weight is 159 g/mol. The van der Waals surface area contributed by atoms with E-state index in [1.807, 2.05) is 13.8 Å². The van der Waals surface area contributed by atoms with E-state index in [1.54, 1.807) is 0 Å². The second kappa shape index (κ2) is 2.53. The fourth-order valence-corrected chi connectivity index (χ4v) is 0. The van der Waals surface area contributed by atoms with Crippen LogP contribution in [0.2, 0.25) is 0 Å². The monoisotopic (exact) mass is 158 g/mol. The molecule has 0 fully saturated rings. The lowest BCUT2D eigenvalue weighted by Crippen LogP contribution is -2.18. The van der Waals surface area contributed by atoms with Crippen LogP contribution in [0.5, 0.6) is 0 Å². The Bertz CT molecular complexity index is 55.2. The van der Waals surface area contributed by atoms with Crippen molar-refractivity contribution in [1.29, 1.82) is 0 Å². The zero-order valence-corrected chi connectivity index (χ0v) is 7.08. The third kappa shape index (κ3) is 3.58. The molecule has 0 nitrogen and oxygen atoms in total. The molecule has 0 amide bonds. The minimum atomic E-state index is -0.294. The number of hydrogen-bond donors (Lipinski definition) is 0. The lowest BCUT2D eigenvalue weighted by atomic mass is 10.2. The van der Waals surface area contributed by atoms with Gasteiger partial charge in [-0.2, -0.15) is 0 Å². The van der Waals surface area contributed by atoms with Crippen molar-refractivity contribution in [2.45, 2.75) is 23.8 Å². The Morgan fingerprint density at radius 1 is 1.43 bits per heavy atom. The topological polar surface area (TPSA) is 0 Å². The molecule has 0 radical (unpaired) electrons. The maximum Gasteiger partial charge on any atom is 0.116 e. The van der Waals surface area contributed by atoms with Crippen LogP contribution in [0.4, 0.5) is 0 Å². The van der Waals surface area contributed by atoms with Crippen LogP contribution in [0.1, 0.15) is 13.8 Å². The number of hydrogen-bond acceptors (Lipinski definition) is 0. The van der Waals surface area contributed by atoms with Gasteiger partial charge in [-0.15, -0.1) is 32.4 Å². The van der Waals surface area contributed by atoms with Gasteiger partial charge in [-0.3, -0.25) is 0 Å². The van der Waals surface area contributed by atoms with Crippen LogP contribution in [0.15, 0.2) is 0 Å². The largest absolute Gasteiger partial charge is 0.129 e. The smallest absolute Gasteiger partial charge is 0.116 e.